The lowest BCUT2D eigenvalue weighted by atomic mass is 9.86. The number of aromatic nitrogens is 4. The second kappa shape index (κ2) is 6.48. The summed E-state index contributed by atoms with van der Waals surface area (Å²) in [6, 6.07) is 3.71. The highest BCUT2D eigenvalue weighted by Crippen LogP contribution is 2.40. The molecule has 1 unspecified atom stereocenters. The minimum Gasteiger partial charge on any atom is -0.347 e. The first-order chi connectivity index (χ1) is 12.8. The third-order valence-electron chi connectivity index (χ3n) is 5.16. The predicted molar refractivity (Wildman–Crippen MR) is 101 cm³/mol. The van der Waals surface area contributed by atoms with E-state index in [1.54, 1.807) is 6.20 Å². The topological polar surface area (TPSA) is 85.8 Å². The molecule has 0 spiro atoms. The molecule has 0 saturated heterocycles. The van der Waals surface area contributed by atoms with Gasteiger partial charge in [0.15, 0.2) is 0 Å². The molecule has 1 aliphatic rings. The normalized spacial score (nSPS) is 15.9. The number of aryl methyl sites for hydroxylation is 1. The van der Waals surface area contributed by atoms with Crippen LogP contribution in [0, 0.1) is 12.3 Å². The first-order valence-electron chi connectivity index (χ1n) is 9.38. The number of hydrogen-bond donors (Lipinski definition) is 1. The van der Waals surface area contributed by atoms with Gasteiger partial charge < -0.3 is 9.84 Å². The summed E-state index contributed by atoms with van der Waals surface area (Å²) >= 11 is 0. The van der Waals surface area contributed by atoms with Crippen LogP contribution in [0.15, 0.2) is 29.0 Å². The number of hydrogen-bond acceptors (Lipinski definition) is 5. The van der Waals surface area contributed by atoms with E-state index in [9.17, 15) is 4.79 Å². The Morgan fingerprint density at radius 3 is 2.81 bits per heavy atom. The van der Waals surface area contributed by atoms with Crippen LogP contribution >= 0.6 is 0 Å². The van der Waals surface area contributed by atoms with Crippen LogP contribution in [0.4, 0.5) is 0 Å². The Morgan fingerprint density at radius 1 is 1.41 bits per heavy atom. The van der Waals surface area contributed by atoms with Gasteiger partial charge in [0.25, 0.3) is 11.6 Å². The van der Waals surface area contributed by atoms with Crippen molar-refractivity contribution in [2.45, 2.75) is 59.0 Å². The molecular formula is C20H25N5O2. The van der Waals surface area contributed by atoms with Gasteiger partial charge in [0.05, 0.1) is 29.2 Å². The lowest BCUT2D eigenvalue weighted by Gasteiger charge is -2.31. The maximum Gasteiger partial charge on any atom is 0.259 e. The molecule has 0 bridgehead atoms. The summed E-state index contributed by atoms with van der Waals surface area (Å²) in [6.07, 6.45) is 5.87. The number of pyridine rings is 1. The first-order valence-corrected chi connectivity index (χ1v) is 9.38. The minimum absolute atomic E-state index is 0.0855. The van der Waals surface area contributed by atoms with E-state index in [0.717, 1.165) is 18.5 Å². The van der Waals surface area contributed by atoms with E-state index >= 15 is 0 Å². The molecule has 7 nitrogen and oxygen atoms in total. The Morgan fingerprint density at radius 2 is 2.19 bits per heavy atom. The van der Waals surface area contributed by atoms with Crippen LogP contribution in [0.5, 0.6) is 0 Å². The van der Waals surface area contributed by atoms with Crippen LogP contribution in [0.2, 0.25) is 0 Å². The molecule has 1 aliphatic carbocycles. The van der Waals surface area contributed by atoms with E-state index < -0.39 is 0 Å². The second-order valence-electron chi connectivity index (χ2n) is 8.44. The van der Waals surface area contributed by atoms with Crippen molar-refractivity contribution in [2.75, 3.05) is 0 Å². The molecule has 3 heterocycles. The predicted octanol–water partition coefficient (Wildman–Crippen LogP) is 3.45. The summed E-state index contributed by atoms with van der Waals surface area (Å²) in [5.41, 5.74) is 2.51. The van der Waals surface area contributed by atoms with Gasteiger partial charge in [-0.25, -0.2) is 4.98 Å². The molecule has 1 N–H and O–H groups in total. The van der Waals surface area contributed by atoms with Crippen molar-refractivity contribution < 1.29 is 9.32 Å². The molecule has 3 aromatic heterocycles. The van der Waals surface area contributed by atoms with E-state index in [1.165, 1.54) is 0 Å². The molecule has 1 fully saturated rings. The minimum atomic E-state index is -0.128. The summed E-state index contributed by atoms with van der Waals surface area (Å²) in [4.78, 5) is 17.8. The Kier molecular flexibility index (Phi) is 4.25. The zero-order chi connectivity index (χ0) is 19.2. The van der Waals surface area contributed by atoms with Crippen LogP contribution in [0.25, 0.3) is 11.1 Å². The zero-order valence-electron chi connectivity index (χ0n) is 16.2. The largest absolute Gasteiger partial charge is 0.347 e. The highest BCUT2D eigenvalue weighted by atomic mass is 16.5. The van der Waals surface area contributed by atoms with Crippen molar-refractivity contribution in [2.24, 2.45) is 5.41 Å². The van der Waals surface area contributed by atoms with Gasteiger partial charge >= 0.3 is 0 Å². The smallest absolute Gasteiger partial charge is 0.259 e. The van der Waals surface area contributed by atoms with Crippen molar-refractivity contribution >= 4 is 17.0 Å². The molecule has 142 valence electrons. The lowest BCUT2D eigenvalue weighted by Crippen LogP contribution is -2.46. The summed E-state index contributed by atoms with van der Waals surface area (Å²) < 4.78 is 7.21. The summed E-state index contributed by atoms with van der Waals surface area (Å²) in [5, 5.41) is 12.2. The monoisotopic (exact) mass is 367 g/mol. The molecular weight excluding hydrogens is 342 g/mol. The Balaban J connectivity index is 1.67. The highest BCUT2D eigenvalue weighted by Gasteiger charge is 2.31. The van der Waals surface area contributed by atoms with Crippen molar-refractivity contribution in [3.63, 3.8) is 0 Å². The number of nitrogens with one attached hydrogen (secondary N) is 1. The number of rotatable bonds is 5. The third-order valence-corrected chi connectivity index (χ3v) is 5.16. The van der Waals surface area contributed by atoms with E-state index in [-0.39, 0.29) is 17.4 Å². The number of carbonyl (C=O) groups is 1. The molecule has 1 amide bonds. The van der Waals surface area contributed by atoms with Crippen LogP contribution in [-0.4, -0.2) is 31.9 Å². The van der Waals surface area contributed by atoms with E-state index in [1.807, 2.05) is 29.9 Å². The molecule has 27 heavy (non-hydrogen) atoms. The Labute approximate surface area is 158 Å². The average molecular weight is 367 g/mol. The fraction of sp³-hybridized carbons (Fsp3) is 0.500. The summed E-state index contributed by atoms with van der Waals surface area (Å²) in [5.74, 6) is 0.302. The summed E-state index contributed by atoms with van der Waals surface area (Å²) in [7, 11) is 0. The third kappa shape index (κ3) is 3.59. The van der Waals surface area contributed by atoms with Gasteiger partial charge in [-0.15, -0.1) is 0 Å². The number of nitrogens with zero attached hydrogens (tertiary/aromatic N) is 4. The van der Waals surface area contributed by atoms with Crippen molar-refractivity contribution in [1.29, 1.82) is 0 Å². The molecule has 4 rings (SSSR count). The van der Waals surface area contributed by atoms with Crippen molar-refractivity contribution in [1.82, 2.24) is 25.2 Å². The van der Waals surface area contributed by atoms with Gasteiger partial charge in [0, 0.05) is 24.0 Å². The molecule has 3 aromatic rings. The molecule has 1 atom stereocenters. The first kappa shape index (κ1) is 17.7. The molecule has 0 aromatic carbocycles. The van der Waals surface area contributed by atoms with Crippen LogP contribution in [0.3, 0.4) is 0 Å². The molecule has 0 aliphatic heterocycles. The summed E-state index contributed by atoms with van der Waals surface area (Å²) in [6.45, 7) is 8.79. The van der Waals surface area contributed by atoms with Gasteiger partial charge in [-0.2, -0.15) is 5.10 Å². The number of fused-ring (bicyclic) bond motifs is 1. The quantitative estimate of drug-likeness (QED) is 0.746. The Hall–Kier alpha value is -2.70. The van der Waals surface area contributed by atoms with Gasteiger partial charge in [0.2, 0.25) is 0 Å². The second-order valence-corrected chi connectivity index (χ2v) is 8.44. The van der Waals surface area contributed by atoms with E-state index in [2.05, 4.69) is 41.3 Å². The van der Waals surface area contributed by atoms with E-state index in [4.69, 9.17) is 4.52 Å². The fourth-order valence-electron chi connectivity index (χ4n) is 3.25. The standard InChI is InChI=1S/C20H25N5O2/c1-12-17-14(10-15(13-6-7-13)22-19(17)27-24-12)18(26)23-16(20(2,3)4)11-25-9-5-8-21-25/h5,8-10,13,16H,6-7,11H2,1-4H3,(H,23,26). The number of amides is 1. The SMILES string of the molecule is Cc1noc2nc(C3CC3)cc(C(=O)NC(Cn3cccn3)C(C)(C)C)c12. The molecule has 1 saturated carbocycles. The average Bonchev–Trinajstić information content (AvgIpc) is 3.22. The van der Waals surface area contributed by atoms with Gasteiger partial charge in [-0.05, 0) is 37.3 Å². The number of carbonyl (C=O) groups excluding carboxylic acids is 1. The maximum atomic E-state index is 13.3. The van der Waals surface area contributed by atoms with Crippen LogP contribution in [0.1, 0.15) is 61.3 Å². The van der Waals surface area contributed by atoms with Gasteiger partial charge in [-0.3, -0.25) is 9.48 Å². The zero-order valence-corrected chi connectivity index (χ0v) is 16.2. The molecule has 7 heteroatoms. The maximum absolute atomic E-state index is 13.3. The van der Waals surface area contributed by atoms with Crippen LogP contribution in [-0.2, 0) is 6.54 Å². The lowest BCUT2D eigenvalue weighted by molar-refractivity contribution is 0.0892. The van der Waals surface area contributed by atoms with Crippen LogP contribution < -0.4 is 5.32 Å². The Bertz CT molecular complexity index is 964. The van der Waals surface area contributed by atoms with Gasteiger partial charge in [0.1, 0.15) is 0 Å². The van der Waals surface area contributed by atoms with Gasteiger partial charge in [-0.1, -0.05) is 25.9 Å². The van der Waals surface area contributed by atoms with Crippen molar-refractivity contribution in [3.05, 3.63) is 41.5 Å². The highest BCUT2D eigenvalue weighted by molar-refractivity contribution is 6.06. The fourth-order valence-corrected chi connectivity index (χ4v) is 3.25. The van der Waals surface area contributed by atoms with Crippen molar-refractivity contribution in [3.8, 4) is 0 Å². The van der Waals surface area contributed by atoms with E-state index in [0.29, 0.717) is 34.8 Å². The molecule has 0 radical (unpaired) electrons.